The van der Waals surface area contributed by atoms with Crippen molar-refractivity contribution in [1.29, 1.82) is 0 Å². The Kier molecular flexibility index (Phi) is 3.80. The van der Waals surface area contributed by atoms with Crippen molar-refractivity contribution in [2.75, 3.05) is 0 Å². The summed E-state index contributed by atoms with van der Waals surface area (Å²) in [6.07, 6.45) is 0. The van der Waals surface area contributed by atoms with Crippen molar-refractivity contribution >= 4 is 97.3 Å². The normalized spacial score (nSPS) is 20.3. The minimum absolute atomic E-state index is 0.377. The summed E-state index contributed by atoms with van der Waals surface area (Å²) < 4.78 is 393. The molecule has 0 saturated heterocycles. The summed E-state index contributed by atoms with van der Waals surface area (Å²) in [5.41, 5.74) is -6.11. The van der Waals surface area contributed by atoms with Gasteiger partial charge in [0.15, 0.2) is 0 Å². The number of hydrogen-bond acceptors (Lipinski definition) is 1. The summed E-state index contributed by atoms with van der Waals surface area (Å²) in [7, 11) is 0. The molecule has 0 aliphatic rings. The van der Waals surface area contributed by atoms with E-state index in [9.17, 15) is 15.1 Å². The first-order valence-corrected chi connectivity index (χ1v) is 20.9. The first kappa shape index (κ1) is 16.1. The Labute approximate surface area is 472 Å². The van der Waals surface area contributed by atoms with E-state index in [4.69, 9.17) is 49.7 Å². The van der Waals surface area contributed by atoms with Gasteiger partial charge in [-0.3, -0.25) is 0 Å². The lowest BCUT2D eigenvalue weighted by molar-refractivity contribution is 0.669. The Bertz CT molecular complexity index is 7070. The molecule has 14 aromatic carbocycles. The van der Waals surface area contributed by atoms with Crippen LogP contribution in [0.4, 0.5) is 0 Å². The fourth-order valence-electron chi connectivity index (χ4n) is 8.58. The van der Waals surface area contributed by atoms with Crippen LogP contribution in [-0.4, -0.2) is 0 Å². The summed E-state index contributed by atoms with van der Waals surface area (Å²) in [6.45, 7) is 0. The van der Waals surface area contributed by atoms with Crippen molar-refractivity contribution in [1.82, 2.24) is 0 Å². The highest BCUT2D eigenvalue weighted by atomic mass is 16.3. The number of rotatable bonds is 4. The van der Waals surface area contributed by atoms with E-state index in [0.717, 1.165) is 0 Å². The van der Waals surface area contributed by atoms with Gasteiger partial charge in [0.2, 0.25) is 0 Å². The van der Waals surface area contributed by atoms with E-state index in [1.165, 1.54) is 0 Å². The Balaban J connectivity index is 0.000000190. The van der Waals surface area contributed by atoms with Crippen LogP contribution in [-0.2, 0) is 0 Å². The maximum atomic E-state index is 9.54. The summed E-state index contributed by atoms with van der Waals surface area (Å²) in [6, 6.07) is -37.3. The number of furan rings is 1. The highest BCUT2D eigenvalue weighted by Crippen LogP contribution is 2.48. The molecule has 0 saturated carbocycles. The van der Waals surface area contributed by atoms with Crippen molar-refractivity contribution in [2.24, 2.45) is 0 Å². The van der Waals surface area contributed by atoms with Gasteiger partial charge in [0.25, 0.3) is 0 Å². The predicted octanol–water partition coefficient (Wildman–Crippen LogP) is 20.0. The van der Waals surface area contributed by atoms with Crippen LogP contribution in [0.1, 0.15) is 60.3 Å². The molecular formula is C70H44O. The molecule has 0 bridgehead atoms. The lowest BCUT2D eigenvalue weighted by Gasteiger charge is -2.19. The number of benzene rings is 14. The minimum Gasteiger partial charge on any atom is -0.456 e. The van der Waals surface area contributed by atoms with Crippen LogP contribution < -0.4 is 0 Å². The molecule has 0 radical (unpaired) electrons. The largest absolute Gasteiger partial charge is 0.456 e. The van der Waals surface area contributed by atoms with Gasteiger partial charge in [0.05, 0.1) is 60.3 Å². The topological polar surface area (TPSA) is 13.1 Å². The maximum Gasteiger partial charge on any atom is 0.135 e. The van der Waals surface area contributed by atoms with Gasteiger partial charge in [-0.05, 0) is 144 Å². The molecule has 0 amide bonds. The van der Waals surface area contributed by atoms with E-state index >= 15 is 0 Å². The second-order valence-corrected chi connectivity index (χ2v) is 15.3. The SMILES string of the molecule is [2H]c1c([2H])c([2H])c2c([2H])c(-c3c4c([2H])c([2H])c([2H])c([2H])c4c(-c4c([2H])c([2H])c([2H])c5c([2H])c([2H])c([2H])c([2H])c45)c4c([2H])c([2H])c([2H])c([2H])c34)c([2H])c([2H])c2c1[2H].[2H]c1c([2H])c([2H])c2c(oc3c([2H])c([2H])c(-c4c5c([2H])c([2H])c([2H])c([2H])c5c(-c5c([2H])c([2H])c([2H])c6c([2H])c([2H])c([2H])c([2H])c56)c5c([2H])c([2H])c([2H])c([2H])c45)c([2H])c32)c1[2H]. The smallest absolute Gasteiger partial charge is 0.135 e. The number of fused-ring (bicyclic) bond motifs is 10. The molecule has 1 nitrogen and oxygen atoms in total. The van der Waals surface area contributed by atoms with Crippen molar-refractivity contribution in [3.8, 4) is 44.5 Å². The predicted molar refractivity (Wildman–Crippen MR) is 304 cm³/mol. The van der Waals surface area contributed by atoms with Gasteiger partial charge in [-0.2, -0.15) is 0 Å². The van der Waals surface area contributed by atoms with Crippen molar-refractivity contribution in [2.45, 2.75) is 0 Å². The lowest BCUT2D eigenvalue weighted by atomic mass is 9.84. The molecule has 1 heteroatoms. The zero-order valence-corrected chi connectivity index (χ0v) is 35.4. The number of hydrogen-bond donors (Lipinski definition) is 0. The quantitative estimate of drug-likeness (QED) is 0.160. The first-order chi connectivity index (χ1) is 53.6. The molecule has 0 unspecified atom stereocenters. The van der Waals surface area contributed by atoms with Gasteiger partial charge in [-0.1, -0.05) is 242 Å². The van der Waals surface area contributed by atoms with Gasteiger partial charge in [-0.25, -0.2) is 0 Å². The fraction of sp³-hybridized carbons (Fsp3) is 0. The van der Waals surface area contributed by atoms with Crippen LogP contribution in [0.2, 0.25) is 0 Å². The van der Waals surface area contributed by atoms with Gasteiger partial charge in [0.1, 0.15) is 11.2 Å². The van der Waals surface area contributed by atoms with Gasteiger partial charge >= 0.3 is 0 Å². The van der Waals surface area contributed by atoms with E-state index in [1.54, 1.807) is 0 Å². The second kappa shape index (κ2) is 16.7. The van der Waals surface area contributed by atoms with Gasteiger partial charge in [0, 0.05) is 10.8 Å². The summed E-state index contributed by atoms with van der Waals surface area (Å²) in [5, 5.41) is -9.25. The van der Waals surface area contributed by atoms with Crippen molar-refractivity contribution < 1.29 is 64.7 Å². The average molecular weight is 945 g/mol. The zero-order valence-electron chi connectivity index (χ0n) is 79.4. The maximum absolute atomic E-state index is 9.54. The van der Waals surface area contributed by atoms with Crippen LogP contribution in [0, 0.1) is 0 Å². The Morgan fingerprint density at radius 2 is 0.549 bits per heavy atom. The third kappa shape index (κ3) is 6.70. The third-order valence-corrected chi connectivity index (χ3v) is 11.5. The van der Waals surface area contributed by atoms with Crippen LogP contribution in [0.25, 0.3) is 142 Å². The molecule has 0 aliphatic carbocycles. The van der Waals surface area contributed by atoms with E-state index in [0.29, 0.717) is 0 Å². The average Bonchev–Trinajstić information content (AvgIpc) is 1.10. The Morgan fingerprint density at radius 3 is 1.04 bits per heavy atom. The highest BCUT2D eigenvalue weighted by molar-refractivity contribution is 6.25. The standard InChI is InChI=1S/C36H22O.C34H22/c1-2-12-25-23(10-1)11-9-18-27(25)36-30-16-5-3-14-28(30)35(29-15-4-6-17-31(29)36)24-20-21-34-32(22-24)26-13-7-8-19-33(26)37-34;1-2-12-25-22-26(21-20-23(25)10-1)33-29-15-5-7-17-31(29)34(32-18-8-6-16-30(32)33)28-19-9-13-24-11-3-4-14-27(24)28/h1-22H;1-22H/i2*1D,2D,3D,4D,5D,6D,7D,8D,9D,10D,11D,12D,13D,14D,15D,16D,17D,18D,19D,20D,21D,22D. The molecule has 0 aliphatic heterocycles. The van der Waals surface area contributed by atoms with E-state index in [2.05, 4.69) is 0 Å². The van der Waals surface area contributed by atoms with Crippen LogP contribution in [0.15, 0.2) is 270 Å². The Morgan fingerprint density at radius 1 is 0.211 bits per heavy atom. The summed E-state index contributed by atoms with van der Waals surface area (Å²) in [5.74, 6) is 0. The second-order valence-electron chi connectivity index (χ2n) is 15.3. The monoisotopic (exact) mass is 945 g/mol. The van der Waals surface area contributed by atoms with Gasteiger partial charge < -0.3 is 4.42 Å². The Hall–Kier alpha value is -9.30. The molecule has 1 aromatic heterocycles. The zero-order chi connectivity index (χ0) is 85.1. The van der Waals surface area contributed by atoms with E-state index in [-0.39, 0.29) is 5.39 Å². The lowest BCUT2D eigenvalue weighted by Crippen LogP contribution is -1.91. The highest BCUT2D eigenvalue weighted by Gasteiger charge is 2.20. The van der Waals surface area contributed by atoms with Crippen molar-refractivity contribution in [3.05, 3.63) is 266 Å². The first-order valence-electron chi connectivity index (χ1n) is 42.9. The van der Waals surface area contributed by atoms with Gasteiger partial charge in [-0.15, -0.1) is 0 Å². The molecule has 0 N–H and O–H groups in total. The molecule has 0 spiro atoms. The molecule has 1 heterocycles. The molecule has 0 fully saturated rings. The van der Waals surface area contributed by atoms with E-state index < -0.39 is 402 Å². The summed E-state index contributed by atoms with van der Waals surface area (Å²) >= 11 is 0. The number of para-hydroxylation sites is 1. The van der Waals surface area contributed by atoms with Crippen LogP contribution in [0.3, 0.4) is 0 Å². The van der Waals surface area contributed by atoms with Crippen LogP contribution in [0.5, 0.6) is 0 Å². The molecule has 330 valence electrons. The summed E-state index contributed by atoms with van der Waals surface area (Å²) in [4.78, 5) is 0. The van der Waals surface area contributed by atoms with Crippen molar-refractivity contribution in [3.63, 3.8) is 0 Å². The molecule has 71 heavy (non-hydrogen) atoms. The van der Waals surface area contributed by atoms with Crippen LogP contribution >= 0.6 is 0 Å². The third-order valence-electron chi connectivity index (χ3n) is 11.5. The van der Waals surface area contributed by atoms with E-state index in [1.807, 2.05) is 0 Å². The molecule has 15 aromatic rings. The minimum atomic E-state index is -0.915. The molecule has 0 atom stereocenters. The fourth-order valence-corrected chi connectivity index (χ4v) is 8.58. The molecular weight excluding hydrogens is 857 g/mol. The molecule has 15 rings (SSSR count).